The van der Waals surface area contributed by atoms with Crippen molar-refractivity contribution in [2.24, 2.45) is 0 Å². The van der Waals surface area contributed by atoms with Crippen LogP contribution in [0.3, 0.4) is 0 Å². The van der Waals surface area contributed by atoms with E-state index in [-0.39, 0.29) is 10.6 Å². The minimum absolute atomic E-state index is 0.104. The first-order valence-electron chi connectivity index (χ1n) is 9.65. The van der Waals surface area contributed by atoms with Gasteiger partial charge in [-0.2, -0.15) is 0 Å². The van der Waals surface area contributed by atoms with Crippen molar-refractivity contribution in [3.05, 3.63) is 40.4 Å². The van der Waals surface area contributed by atoms with Gasteiger partial charge in [-0.3, -0.25) is 10.1 Å². The Bertz CT molecular complexity index is 781. The fourth-order valence-electron chi connectivity index (χ4n) is 4.09. The molecule has 138 valence electrons. The van der Waals surface area contributed by atoms with Gasteiger partial charge in [0.05, 0.1) is 22.6 Å². The predicted octanol–water partition coefficient (Wildman–Crippen LogP) is 4.46. The molecular weight excluding hydrogens is 330 g/mol. The van der Waals surface area contributed by atoms with Gasteiger partial charge in [0.25, 0.3) is 5.69 Å². The standard InChI is InChI=1S/C20H25N3O3/c24-23(25)16-7-8-19-15(14-16)6-9-20(21-19)22-12-10-18(11-13-22)26-17-4-2-1-3-5-17/h6-9,14,17-18H,1-5,10-13H2. The molecule has 26 heavy (non-hydrogen) atoms. The van der Waals surface area contributed by atoms with E-state index < -0.39 is 0 Å². The zero-order chi connectivity index (χ0) is 17.9. The Hall–Kier alpha value is -2.21. The Morgan fingerprint density at radius 2 is 1.73 bits per heavy atom. The third kappa shape index (κ3) is 3.80. The summed E-state index contributed by atoms with van der Waals surface area (Å²) in [5.41, 5.74) is 0.904. The number of benzene rings is 1. The normalized spacial score (nSPS) is 19.8. The van der Waals surface area contributed by atoms with Crippen molar-refractivity contribution in [3.8, 4) is 0 Å². The van der Waals surface area contributed by atoms with Gasteiger partial charge in [-0.15, -0.1) is 0 Å². The topological polar surface area (TPSA) is 68.5 Å². The van der Waals surface area contributed by atoms with Crippen molar-refractivity contribution >= 4 is 22.4 Å². The summed E-state index contributed by atoms with van der Waals surface area (Å²) in [7, 11) is 0. The van der Waals surface area contributed by atoms with E-state index in [0.717, 1.165) is 42.7 Å². The summed E-state index contributed by atoms with van der Waals surface area (Å²) in [5, 5.41) is 11.7. The Morgan fingerprint density at radius 1 is 1.00 bits per heavy atom. The van der Waals surface area contributed by atoms with E-state index in [4.69, 9.17) is 9.72 Å². The monoisotopic (exact) mass is 355 g/mol. The van der Waals surface area contributed by atoms with Gasteiger partial charge in [-0.25, -0.2) is 4.98 Å². The minimum Gasteiger partial charge on any atom is -0.375 e. The molecule has 2 aromatic rings. The molecule has 1 aromatic heterocycles. The first-order chi connectivity index (χ1) is 12.7. The molecule has 0 spiro atoms. The Labute approximate surface area is 153 Å². The maximum Gasteiger partial charge on any atom is 0.270 e. The second-order valence-electron chi connectivity index (χ2n) is 7.39. The molecule has 6 nitrogen and oxygen atoms in total. The van der Waals surface area contributed by atoms with E-state index in [1.54, 1.807) is 12.1 Å². The number of aromatic nitrogens is 1. The van der Waals surface area contributed by atoms with E-state index in [1.165, 1.54) is 38.2 Å². The molecule has 2 heterocycles. The maximum atomic E-state index is 10.9. The SMILES string of the molecule is O=[N+]([O-])c1ccc2nc(N3CCC(OC4CCCCC4)CC3)ccc2c1. The van der Waals surface area contributed by atoms with Crippen LogP contribution in [0.25, 0.3) is 10.9 Å². The van der Waals surface area contributed by atoms with Gasteiger partial charge < -0.3 is 9.64 Å². The van der Waals surface area contributed by atoms with Gasteiger partial charge in [0.2, 0.25) is 0 Å². The third-order valence-corrected chi connectivity index (χ3v) is 5.57. The molecule has 1 aliphatic carbocycles. The van der Waals surface area contributed by atoms with Crippen LogP contribution >= 0.6 is 0 Å². The molecule has 0 unspecified atom stereocenters. The summed E-state index contributed by atoms with van der Waals surface area (Å²) < 4.78 is 6.31. The van der Waals surface area contributed by atoms with Gasteiger partial charge >= 0.3 is 0 Å². The molecule has 0 amide bonds. The van der Waals surface area contributed by atoms with E-state index in [2.05, 4.69) is 4.90 Å². The number of nitrogens with zero attached hydrogens (tertiary/aromatic N) is 3. The molecule has 0 N–H and O–H groups in total. The van der Waals surface area contributed by atoms with E-state index in [1.807, 2.05) is 12.1 Å². The van der Waals surface area contributed by atoms with Crippen molar-refractivity contribution in [1.29, 1.82) is 0 Å². The molecular formula is C20H25N3O3. The molecule has 1 saturated heterocycles. The van der Waals surface area contributed by atoms with Crippen molar-refractivity contribution in [3.63, 3.8) is 0 Å². The summed E-state index contributed by atoms with van der Waals surface area (Å²) in [6.45, 7) is 1.89. The van der Waals surface area contributed by atoms with Gasteiger partial charge in [0.1, 0.15) is 5.82 Å². The molecule has 2 aliphatic rings. The van der Waals surface area contributed by atoms with Gasteiger partial charge in [-0.05, 0) is 43.9 Å². The Kier molecular flexibility index (Phi) is 5.02. The van der Waals surface area contributed by atoms with E-state index >= 15 is 0 Å². The third-order valence-electron chi connectivity index (χ3n) is 5.57. The van der Waals surface area contributed by atoms with Gasteiger partial charge in [0.15, 0.2) is 0 Å². The highest BCUT2D eigenvalue weighted by Crippen LogP contribution is 2.27. The number of piperidine rings is 1. The predicted molar refractivity (Wildman–Crippen MR) is 102 cm³/mol. The molecule has 0 bridgehead atoms. The number of ether oxygens (including phenoxy) is 1. The molecule has 1 saturated carbocycles. The van der Waals surface area contributed by atoms with Crippen LogP contribution in [-0.4, -0.2) is 35.2 Å². The first-order valence-corrected chi connectivity index (χ1v) is 9.65. The largest absolute Gasteiger partial charge is 0.375 e. The highest BCUT2D eigenvalue weighted by atomic mass is 16.6. The van der Waals surface area contributed by atoms with Crippen LogP contribution in [0, 0.1) is 10.1 Å². The first kappa shape index (κ1) is 17.2. The van der Waals surface area contributed by atoms with Crippen molar-refractivity contribution in [2.45, 2.75) is 57.2 Å². The summed E-state index contributed by atoms with van der Waals surface area (Å²) in [6.07, 6.45) is 9.33. The summed E-state index contributed by atoms with van der Waals surface area (Å²) >= 11 is 0. The lowest BCUT2D eigenvalue weighted by molar-refractivity contribution is -0.384. The number of rotatable bonds is 4. The van der Waals surface area contributed by atoms with Gasteiger partial charge in [0, 0.05) is 30.6 Å². The molecule has 4 rings (SSSR count). The second kappa shape index (κ2) is 7.58. The van der Waals surface area contributed by atoms with Crippen LogP contribution in [-0.2, 0) is 4.74 Å². The highest BCUT2D eigenvalue weighted by molar-refractivity contribution is 5.82. The van der Waals surface area contributed by atoms with Crippen LogP contribution in [0.5, 0.6) is 0 Å². The molecule has 0 atom stereocenters. The zero-order valence-corrected chi connectivity index (χ0v) is 15.0. The number of nitro benzene ring substituents is 1. The lowest BCUT2D eigenvalue weighted by Crippen LogP contribution is -2.39. The summed E-state index contributed by atoms with van der Waals surface area (Å²) in [6, 6.07) is 8.72. The number of fused-ring (bicyclic) bond motifs is 1. The maximum absolute atomic E-state index is 10.9. The fourth-order valence-corrected chi connectivity index (χ4v) is 4.09. The Morgan fingerprint density at radius 3 is 2.46 bits per heavy atom. The van der Waals surface area contributed by atoms with Crippen molar-refractivity contribution < 1.29 is 9.66 Å². The number of pyridine rings is 1. The number of nitro groups is 1. The van der Waals surface area contributed by atoms with Crippen LogP contribution in [0.2, 0.25) is 0 Å². The van der Waals surface area contributed by atoms with Gasteiger partial charge in [-0.1, -0.05) is 19.3 Å². The van der Waals surface area contributed by atoms with Crippen LogP contribution < -0.4 is 4.90 Å². The number of anilines is 1. The fraction of sp³-hybridized carbons (Fsp3) is 0.550. The average molecular weight is 355 g/mol. The number of hydrogen-bond acceptors (Lipinski definition) is 5. The van der Waals surface area contributed by atoms with Crippen LogP contribution in [0.1, 0.15) is 44.9 Å². The zero-order valence-electron chi connectivity index (χ0n) is 15.0. The smallest absolute Gasteiger partial charge is 0.270 e. The quantitative estimate of drug-likeness (QED) is 0.598. The number of hydrogen-bond donors (Lipinski definition) is 0. The van der Waals surface area contributed by atoms with E-state index in [9.17, 15) is 10.1 Å². The number of non-ortho nitro benzene ring substituents is 1. The highest BCUT2D eigenvalue weighted by Gasteiger charge is 2.24. The summed E-state index contributed by atoms with van der Waals surface area (Å²) in [5.74, 6) is 0.947. The molecule has 1 aromatic carbocycles. The lowest BCUT2D eigenvalue weighted by atomic mass is 9.97. The van der Waals surface area contributed by atoms with Crippen LogP contribution in [0.4, 0.5) is 11.5 Å². The van der Waals surface area contributed by atoms with Crippen molar-refractivity contribution in [2.75, 3.05) is 18.0 Å². The lowest BCUT2D eigenvalue weighted by Gasteiger charge is -2.35. The minimum atomic E-state index is -0.371. The summed E-state index contributed by atoms with van der Waals surface area (Å²) in [4.78, 5) is 17.5. The Balaban J connectivity index is 1.39. The molecule has 1 aliphatic heterocycles. The molecule has 0 radical (unpaired) electrons. The molecule has 6 heteroatoms. The average Bonchev–Trinajstić information content (AvgIpc) is 2.68. The van der Waals surface area contributed by atoms with E-state index in [0.29, 0.717) is 12.2 Å². The van der Waals surface area contributed by atoms with Crippen LogP contribution in [0.15, 0.2) is 30.3 Å². The molecule has 2 fully saturated rings. The second-order valence-corrected chi connectivity index (χ2v) is 7.39. The van der Waals surface area contributed by atoms with Crippen molar-refractivity contribution in [1.82, 2.24) is 4.98 Å².